The van der Waals surface area contributed by atoms with Crippen molar-refractivity contribution in [2.45, 2.75) is 287 Å². The van der Waals surface area contributed by atoms with E-state index in [1.54, 1.807) is 7.11 Å². The molecule has 0 heterocycles. The number of allylic oxidation sites excluding steroid dienone is 2. The van der Waals surface area contributed by atoms with Gasteiger partial charge in [-0.3, -0.25) is 19.2 Å². The van der Waals surface area contributed by atoms with Crippen LogP contribution >= 0.6 is 0 Å². The molecule has 20 heteroatoms. The Balaban J connectivity index is 0.625. The molecule has 6 fully saturated rings. The molecular formula is C87H150N6O14. The molecule has 8 aliphatic carbocycles. The van der Waals surface area contributed by atoms with Crippen LogP contribution in [0.25, 0.3) is 0 Å². The highest BCUT2D eigenvalue weighted by Gasteiger charge is 2.61. The normalized spacial score (nSPS) is 30.3. The van der Waals surface area contributed by atoms with Crippen molar-refractivity contribution in [2.75, 3.05) is 106 Å². The lowest BCUT2D eigenvalue weighted by molar-refractivity contribution is -0.127. The van der Waals surface area contributed by atoms with Crippen molar-refractivity contribution in [3.8, 4) is 0 Å². The van der Waals surface area contributed by atoms with Crippen molar-refractivity contribution in [3.63, 3.8) is 0 Å². The monoisotopic (exact) mass is 1500 g/mol. The predicted octanol–water partition coefficient (Wildman–Crippen LogP) is 14.9. The van der Waals surface area contributed by atoms with Crippen LogP contribution in [0.15, 0.2) is 23.3 Å². The second-order valence-electron chi connectivity index (χ2n) is 36.4. The molecule has 17 unspecified atom stereocenters. The van der Waals surface area contributed by atoms with Crippen LogP contribution in [0.2, 0.25) is 0 Å². The second-order valence-corrected chi connectivity index (χ2v) is 36.4. The summed E-state index contributed by atoms with van der Waals surface area (Å²) in [6, 6.07) is -0.435. The van der Waals surface area contributed by atoms with Gasteiger partial charge in [0, 0.05) is 84.1 Å². The highest BCUT2D eigenvalue weighted by molar-refractivity contribution is 5.80. The van der Waals surface area contributed by atoms with Crippen molar-refractivity contribution in [1.29, 1.82) is 0 Å². The summed E-state index contributed by atoms with van der Waals surface area (Å²) in [5.74, 6) is 8.57. The fourth-order valence-corrected chi connectivity index (χ4v) is 22.5. The van der Waals surface area contributed by atoms with Gasteiger partial charge in [-0.1, -0.05) is 137 Å². The number of rotatable bonds is 48. The van der Waals surface area contributed by atoms with Gasteiger partial charge in [-0.05, 0) is 221 Å². The number of hydrogen-bond donors (Lipinski definition) is 7. The maximum atomic E-state index is 13.2. The molecule has 6 amide bonds. The van der Waals surface area contributed by atoms with Crippen LogP contribution in [0.3, 0.4) is 0 Å². The Labute approximate surface area is 646 Å². The van der Waals surface area contributed by atoms with Crippen LogP contribution in [-0.2, 0) is 52.3 Å². The number of ether oxygens (including phenoxy) is 7. The minimum atomic E-state index is -0.435. The maximum Gasteiger partial charge on any atom is 0.407 e. The van der Waals surface area contributed by atoms with Crippen LogP contribution in [-0.4, -0.2) is 165 Å². The number of methoxy groups -OCH3 is 1. The Kier molecular flexibility index (Phi) is 36.4. The van der Waals surface area contributed by atoms with Gasteiger partial charge in [-0.2, -0.15) is 0 Å². The van der Waals surface area contributed by atoms with Gasteiger partial charge in [0.05, 0.1) is 46.2 Å². The number of fused-ring (bicyclic) bond motifs is 10. The molecule has 0 spiro atoms. The van der Waals surface area contributed by atoms with E-state index in [4.69, 9.17) is 33.2 Å². The summed E-state index contributed by atoms with van der Waals surface area (Å²) >= 11 is 0. The van der Waals surface area contributed by atoms with Crippen molar-refractivity contribution < 1.29 is 67.0 Å². The first kappa shape index (κ1) is 88.2. The lowest BCUT2D eigenvalue weighted by atomic mass is 9.47. The van der Waals surface area contributed by atoms with Gasteiger partial charge in [0.1, 0.15) is 25.4 Å². The van der Waals surface area contributed by atoms with E-state index in [-0.39, 0.29) is 131 Å². The van der Waals surface area contributed by atoms with Gasteiger partial charge in [0.15, 0.2) is 0 Å². The molecular weight excluding hydrogens is 1350 g/mol. The number of unbranched alkanes of at least 4 members (excludes halogenated alkanes) is 2. The topological polar surface area (TPSA) is 259 Å². The zero-order chi connectivity index (χ0) is 77.0. The third-order valence-corrected chi connectivity index (χ3v) is 28.3. The Bertz CT molecular complexity index is 2800. The first-order valence-electron chi connectivity index (χ1n) is 43.2. The third kappa shape index (κ3) is 25.8. The van der Waals surface area contributed by atoms with Gasteiger partial charge in [0.25, 0.3) is 0 Å². The van der Waals surface area contributed by atoms with Crippen LogP contribution in [0, 0.1) is 98.6 Å². The van der Waals surface area contributed by atoms with E-state index in [0.29, 0.717) is 69.3 Å². The highest BCUT2D eigenvalue weighted by atomic mass is 16.6. The molecule has 0 aromatic carbocycles. The van der Waals surface area contributed by atoms with Crippen LogP contribution in [0.4, 0.5) is 9.59 Å². The Morgan fingerprint density at radius 1 is 0.467 bits per heavy atom. The number of aliphatic hydroxyl groups excluding tert-OH is 1. The van der Waals surface area contributed by atoms with E-state index in [1.165, 1.54) is 114 Å². The zero-order valence-electron chi connectivity index (χ0n) is 68.7. The van der Waals surface area contributed by atoms with E-state index in [0.717, 1.165) is 129 Å². The molecule has 6 saturated carbocycles. The maximum absolute atomic E-state index is 13.2. The first-order valence-corrected chi connectivity index (χ1v) is 43.2. The van der Waals surface area contributed by atoms with E-state index >= 15 is 0 Å². The molecule has 18 atom stereocenters. The van der Waals surface area contributed by atoms with E-state index in [9.17, 15) is 33.9 Å². The fourth-order valence-electron chi connectivity index (χ4n) is 22.5. The largest absolute Gasteiger partial charge is 0.446 e. The van der Waals surface area contributed by atoms with Gasteiger partial charge in [-0.25, -0.2) is 9.59 Å². The first-order chi connectivity index (χ1) is 51.4. The van der Waals surface area contributed by atoms with Gasteiger partial charge in [0.2, 0.25) is 23.6 Å². The zero-order valence-corrected chi connectivity index (χ0v) is 68.7. The van der Waals surface area contributed by atoms with Crippen molar-refractivity contribution in [2.24, 2.45) is 98.6 Å². The standard InChI is InChI=1S/C87H150N6O14/c1-60(2)19-16-21-62(5)72-30-32-74-70-28-26-65-53-68(34-38-84(65,7)76(70)36-40-86(72,74)9)106-82(99)91-45-47-102-49-51-104-58-80(97)89-43-15-13-24-67(55-79(96)88-42-14-12-23-64(56-94)57-101-11)93-78(95)25-18-44-90-81(98)59-105-52-50-103-48-46-92-83(100)107-69-35-39-85(8)66(54-69)27-29-71-75-33-31-73(63(6)22-17-20-61(3)4)87(75,10)41-37-77(71)85/h26-27,60-64,67-77,94H,12-25,28-59H2,1-11H3,(H,88,96)(H,89,97)(H,90,98)(H,91,99)(H,92,100)(H,93,95)/t62?,63?,64?,67-,68?,69?,70?,71?,72?,73?,74?,75?,76?,77?,84?,85?,86?,87?/m0/s1. The molecule has 0 bridgehead atoms. The summed E-state index contributed by atoms with van der Waals surface area (Å²) in [4.78, 5) is 77.4. The minimum absolute atomic E-state index is 0.0472. The molecule has 8 aliphatic rings. The summed E-state index contributed by atoms with van der Waals surface area (Å²) < 4.78 is 39.6. The number of aliphatic hydroxyl groups is 1. The quantitative estimate of drug-likeness (QED) is 0.0221. The van der Waals surface area contributed by atoms with Crippen LogP contribution in [0.1, 0.15) is 268 Å². The van der Waals surface area contributed by atoms with Crippen molar-refractivity contribution in [1.82, 2.24) is 31.9 Å². The van der Waals surface area contributed by atoms with Crippen LogP contribution in [0.5, 0.6) is 0 Å². The molecule has 0 aromatic heterocycles. The number of carbonyl (C=O) groups excluding carboxylic acids is 6. The molecule has 20 nitrogen and oxygen atoms in total. The summed E-state index contributed by atoms with van der Waals surface area (Å²) in [6.45, 7) is 28.3. The molecule has 7 N–H and O–H groups in total. The smallest absolute Gasteiger partial charge is 0.407 e. The molecule has 0 aromatic rings. The lowest BCUT2D eigenvalue weighted by Gasteiger charge is -2.58. The predicted molar refractivity (Wildman–Crippen MR) is 421 cm³/mol. The number of amides is 6. The van der Waals surface area contributed by atoms with E-state index in [1.807, 2.05) is 0 Å². The average molecular weight is 1500 g/mol. The lowest BCUT2D eigenvalue weighted by Crippen LogP contribution is -2.51. The summed E-state index contributed by atoms with van der Waals surface area (Å²) in [7, 11) is 1.61. The fraction of sp³-hybridized carbons (Fsp3) is 0.885. The second kappa shape index (κ2) is 44.2. The number of hydrogen-bond acceptors (Lipinski definition) is 14. The van der Waals surface area contributed by atoms with Crippen molar-refractivity contribution in [3.05, 3.63) is 23.3 Å². The summed E-state index contributed by atoms with van der Waals surface area (Å²) in [5.41, 5.74) is 4.34. The number of carbonyl (C=O) groups is 6. The minimum Gasteiger partial charge on any atom is -0.446 e. The highest BCUT2D eigenvalue weighted by Crippen LogP contribution is 2.69. The van der Waals surface area contributed by atoms with Gasteiger partial charge in [-0.15, -0.1) is 0 Å². The Morgan fingerprint density at radius 3 is 1.39 bits per heavy atom. The van der Waals surface area contributed by atoms with E-state index < -0.39 is 18.2 Å². The molecule has 612 valence electrons. The molecule has 0 radical (unpaired) electrons. The van der Waals surface area contributed by atoms with Gasteiger partial charge < -0.3 is 70.2 Å². The number of nitrogens with one attached hydrogen (secondary N) is 6. The summed E-state index contributed by atoms with van der Waals surface area (Å²) in [6.07, 6.45) is 35.8. The van der Waals surface area contributed by atoms with Crippen molar-refractivity contribution >= 4 is 35.8 Å². The Morgan fingerprint density at radius 2 is 0.925 bits per heavy atom. The van der Waals surface area contributed by atoms with Crippen LogP contribution < -0.4 is 31.9 Å². The molecule has 0 saturated heterocycles. The average Bonchev–Trinajstić information content (AvgIpc) is 1.69. The molecule has 8 rings (SSSR count). The van der Waals surface area contributed by atoms with E-state index in [2.05, 4.69) is 113 Å². The SMILES string of the molecule is COCC(CO)CCCCNC(=O)C[C@H](CCCCNC(=O)COCCOCCNC(=O)OC1CCC2(C)C(=CCC3C2CCC2(C)C(C(C)CCCC(C)C)CCC32)C1)NC(=O)CCCNC(=O)COCCOCCNC(=O)OC1CCC2(C)C(=CCC3C2CCC2(C)C(C(C)CCCC(C)C)CCC32)C1. The van der Waals surface area contributed by atoms with Gasteiger partial charge >= 0.3 is 12.2 Å². The third-order valence-electron chi connectivity index (χ3n) is 28.3. The summed E-state index contributed by atoms with van der Waals surface area (Å²) in [5, 5.41) is 27.0. The molecule has 107 heavy (non-hydrogen) atoms. The number of alkyl carbamates (subject to hydrolysis) is 2. The Hall–Kier alpha value is -4.34. The molecule has 0 aliphatic heterocycles.